The first-order valence-electron chi connectivity index (χ1n) is 4.19. The second kappa shape index (κ2) is 5.70. The van der Waals surface area contributed by atoms with Gasteiger partial charge in [0, 0.05) is 33.9 Å². The summed E-state index contributed by atoms with van der Waals surface area (Å²) in [5, 5.41) is 0. The van der Waals surface area contributed by atoms with Crippen LogP contribution in [0.3, 0.4) is 0 Å². The molecule has 0 saturated carbocycles. The molecule has 1 rings (SSSR count). The Morgan fingerprint density at radius 3 is 3.07 bits per heavy atom. The van der Waals surface area contributed by atoms with E-state index >= 15 is 0 Å². The Hall–Kier alpha value is -0.970. The van der Waals surface area contributed by atoms with Gasteiger partial charge < -0.3 is 0 Å². The highest BCUT2D eigenvalue weighted by Gasteiger charge is 1.99. The van der Waals surface area contributed by atoms with Crippen LogP contribution in [0.25, 0.3) is 5.57 Å². The maximum Gasteiger partial charge on any atom is 0.0356 e. The van der Waals surface area contributed by atoms with Crippen molar-refractivity contribution in [2.24, 2.45) is 4.99 Å². The number of aromatic nitrogens is 1. The van der Waals surface area contributed by atoms with E-state index in [4.69, 9.17) is 0 Å². The number of nitrogens with zero attached hydrogens (tertiary/aromatic N) is 2. The Morgan fingerprint density at radius 1 is 1.64 bits per heavy atom. The van der Waals surface area contributed by atoms with Crippen LogP contribution in [0.4, 0.5) is 0 Å². The molecule has 0 atom stereocenters. The van der Waals surface area contributed by atoms with Crippen molar-refractivity contribution in [2.75, 3.05) is 0 Å². The van der Waals surface area contributed by atoms with Crippen LogP contribution in [0.15, 0.2) is 42.3 Å². The maximum absolute atomic E-state index is 4.06. The van der Waals surface area contributed by atoms with E-state index in [0.29, 0.717) is 0 Å². The molecule has 0 saturated heterocycles. The van der Waals surface area contributed by atoms with E-state index in [1.807, 2.05) is 25.3 Å². The Morgan fingerprint density at radius 2 is 2.43 bits per heavy atom. The van der Waals surface area contributed by atoms with Gasteiger partial charge in [0.25, 0.3) is 0 Å². The van der Waals surface area contributed by atoms with E-state index in [0.717, 1.165) is 14.7 Å². The number of hydrogen-bond acceptors (Lipinski definition) is 2. The van der Waals surface area contributed by atoms with Gasteiger partial charge in [-0.15, -0.1) is 0 Å². The van der Waals surface area contributed by atoms with Crippen molar-refractivity contribution < 1.29 is 0 Å². The van der Waals surface area contributed by atoms with E-state index in [2.05, 4.69) is 39.1 Å². The predicted molar refractivity (Wildman–Crippen MR) is 69.3 cm³/mol. The molecular formula is C11H11IN2. The van der Waals surface area contributed by atoms with Gasteiger partial charge in [-0.2, -0.15) is 0 Å². The van der Waals surface area contributed by atoms with Crippen LogP contribution in [-0.2, 0) is 0 Å². The van der Waals surface area contributed by atoms with Crippen LogP contribution < -0.4 is 0 Å². The van der Waals surface area contributed by atoms with Crippen molar-refractivity contribution in [3.05, 3.63) is 46.4 Å². The highest BCUT2D eigenvalue weighted by molar-refractivity contribution is 14.1. The summed E-state index contributed by atoms with van der Waals surface area (Å²) in [6.45, 7) is 5.83. The standard InChI is InChI=1S/C11H11IN2/c1-3-13-6-4-9(2)10-8-14-7-5-11(10)12/h3-8H,2H2,1H3/b6-4-,13-3?. The topological polar surface area (TPSA) is 25.2 Å². The third-order valence-corrected chi connectivity index (χ3v) is 2.57. The van der Waals surface area contributed by atoms with Crippen LogP contribution in [0.2, 0.25) is 0 Å². The van der Waals surface area contributed by atoms with E-state index in [1.54, 1.807) is 18.6 Å². The van der Waals surface area contributed by atoms with Crippen LogP contribution in [0, 0.1) is 3.57 Å². The van der Waals surface area contributed by atoms with Gasteiger partial charge in [-0.1, -0.05) is 6.58 Å². The summed E-state index contributed by atoms with van der Waals surface area (Å²) in [6.07, 6.45) is 8.92. The minimum atomic E-state index is 0.924. The predicted octanol–water partition coefficient (Wildman–Crippen LogP) is 3.30. The molecular weight excluding hydrogens is 287 g/mol. The van der Waals surface area contributed by atoms with E-state index < -0.39 is 0 Å². The quantitative estimate of drug-likeness (QED) is 0.477. The lowest BCUT2D eigenvalue weighted by Crippen LogP contribution is -1.85. The Labute approximate surface area is 97.6 Å². The third kappa shape index (κ3) is 3.06. The Bertz CT molecular complexity index is 381. The van der Waals surface area contributed by atoms with E-state index in [9.17, 15) is 0 Å². The van der Waals surface area contributed by atoms with Crippen LogP contribution in [0.1, 0.15) is 12.5 Å². The minimum absolute atomic E-state index is 0.924. The summed E-state index contributed by atoms with van der Waals surface area (Å²) in [6, 6.07) is 1.96. The Balaban J connectivity index is 2.85. The number of rotatable bonds is 3. The second-order valence-corrected chi connectivity index (χ2v) is 3.77. The van der Waals surface area contributed by atoms with Crippen molar-refractivity contribution in [1.29, 1.82) is 0 Å². The zero-order chi connectivity index (χ0) is 10.4. The molecule has 0 unspecified atom stereocenters. The fourth-order valence-electron chi connectivity index (χ4n) is 0.923. The molecule has 0 aliphatic carbocycles. The first kappa shape index (κ1) is 11.1. The molecule has 0 radical (unpaired) electrons. The summed E-state index contributed by atoms with van der Waals surface area (Å²) in [4.78, 5) is 8.03. The summed E-state index contributed by atoms with van der Waals surface area (Å²) in [5.41, 5.74) is 1.98. The van der Waals surface area contributed by atoms with Gasteiger partial charge in [-0.05, 0) is 47.2 Å². The molecule has 1 aromatic rings. The number of pyridine rings is 1. The Kier molecular flexibility index (Phi) is 4.52. The molecule has 0 fully saturated rings. The van der Waals surface area contributed by atoms with Crippen molar-refractivity contribution >= 4 is 34.4 Å². The smallest absolute Gasteiger partial charge is 0.0356 e. The van der Waals surface area contributed by atoms with Crippen LogP contribution >= 0.6 is 22.6 Å². The maximum atomic E-state index is 4.06. The second-order valence-electron chi connectivity index (χ2n) is 2.60. The molecule has 0 aliphatic rings. The number of allylic oxidation sites excluding steroid dienone is 2. The molecule has 0 bridgehead atoms. The summed E-state index contributed by atoms with van der Waals surface area (Å²) < 4.78 is 1.15. The number of aliphatic imine (C=N–C) groups is 1. The third-order valence-electron chi connectivity index (χ3n) is 1.62. The van der Waals surface area contributed by atoms with Gasteiger partial charge in [0.2, 0.25) is 0 Å². The van der Waals surface area contributed by atoms with Gasteiger partial charge in [0.05, 0.1) is 0 Å². The lowest BCUT2D eigenvalue weighted by atomic mass is 10.1. The fraction of sp³-hybridized carbons (Fsp3) is 0.0909. The van der Waals surface area contributed by atoms with Gasteiger partial charge in [0.15, 0.2) is 0 Å². The van der Waals surface area contributed by atoms with Gasteiger partial charge in [0.1, 0.15) is 0 Å². The summed E-state index contributed by atoms with van der Waals surface area (Å²) >= 11 is 2.26. The highest BCUT2D eigenvalue weighted by Crippen LogP contribution is 2.19. The monoisotopic (exact) mass is 298 g/mol. The molecule has 0 amide bonds. The number of halogens is 1. The van der Waals surface area contributed by atoms with E-state index in [1.165, 1.54) is 0 Å². The SMILES string of the molecule is C=C(/C=C\N=CC)c1cnccc1I. The normalized spacial score (nSPS) is 11.3. The van der Waals surface area contributed by atoms with Crippen molar-refractivity contribution in [1.82, 2.24) is 4.98 Å². The molecule has 1 heterocycles. The van der Waals surface area contributed by atoms with Crippen molar-refractivity contribution in [2.45, 2.75) is 6.92 Å². The summed E-state index contributed by atoms with van der Waals surface area (Å²) in [7, 11) is 0. The van der Waals surface area contributed by atoms with Gasteiger partial charge >= 0.3 is 0 Å². The number of hydrogen-bond donors (Lipinski definition) is 0. The fourth-order valence-corrected chi connectivity index (χ4v) is 1.57. The molecule has 0 aromatic carbocycles. The lowest BCUT2D eigenvalue weighted by molar-refractivity contribution is 1.29. The summed E-state index contributed by atoms with van der Waals surface area (Å²) in [5.74, 6) is 0. The van der Waals surface area contributed by atoms with Crippen molar-refractivity contribution in [3.8, 4) is 0 Å². The molecule has 1 aromatic heterocycles. The van der Waals surface area contributed by atoms with Crippen LogP contribution in [0.5, 0.6) is 0 Å². The van der Waals surface area contributed by atoms with Gasteiger partial charge in [-0.3, -0.25) is 9.98 Å². The zero-order valence-electron chi connectivity index (χ0n) is 7.94. The lowest BCUT2D eigenvalue weighted by Gasteiger charge is -2.01. The molecule has 2 nitrogen and oxygen atoms in total. The van der Waals surface area contributed by atoms with E-state index in [-0.39, 0.29) is 0 Å². The average molecular weight is 298 g/mol. The molecule has 0 N–H and O–H groups in total. The zero-order valence-corrected chi connectivity index (χ0v) is 10.1. The molecule has 14 heavy (non-hydrogen) atoms. The molecule has 0 aliphatic heterocycles. The molecule has 72 valence electrons. The van der Waals surface area contributed by atoms with Crippen LogP contribution in [-0.4, -0.2) is 11.2 Å². The average Bonchev–Trinajstić information content (AvgIpc) is 2.18. The first-order chi connectivity index (χ1) is 6.75. The molecule has 3 heteroatoms. The highest BCUT2D eigenvalue weighted by atomic mass is 127. The largest absolute Gasteiger partial charge is 0.269 e. The minimum Gasteiger partial charge on any atom is -0.269 e. The molecule has 0 spiro atoms. The first-order valence-corrected chi connectivity index (χ1v) is 5.26. The van der Waals surface area contributed by atoms with Crippen molar-refractivity contribution in [3.63, 3.8) is 0 Å². The van der Waals surface area contributed by atoms with Gasteiger partial charge in [-0.25, -0.2) is 0 Å².